The summed E-state index contributed by atoms with van der Waals surface area (Å²) in [4.78, 5) is 0. The fourth-order valence-corrected chi connectivity index (χ4v) is 4.68. The Morgan fingerprint density at radius 2 is 1.48 bits per heavy atom. The van der Waals surface area contributed by atoms with Gasteiger partial charge in [0.2, 0.25) is 0 Å². The molecule has 0 aromatic heterocycles. The van der Waals surface area contributed by atoms with E-state index in [2.05, 4.69) is 59.6 Å². The Morgan fingerprint density at radius 1 is 0.926 bits per heavy atom. The van der Waals surface area contributed by atoms with Gasteiger partial charge in [0, 0.05) is 34.0 Å². The molecule has 2 aliphatic heterocycles. The second-order valence-electron chi connectivity index (χ2n) is 7.79. The van der Waals surface area contributed by atoms with Crippen molar-refractivity contribution >= 4 is 40.5 Å². The highest BCUT2D eigenvalue weighted by atomic mass is 35.5. The maximum Gasteiger partial charge on any atom is 0.182 e. The van der Waals surface area contributed by atoms with E-state index < -0.39 is 5.66 Å². The molecule has 4 N–H and O–H groups in total. The maximum absolute atomic E-state index is 6.12. The van der Waals surface area contributed by atoms with E-state index in [0.29, 0.717) is 5.11 Å². The Hall–Kier alpha value is -1.37. The SMILES string of the molecule is CC1(C)C(c2ccc(Cl)cc2)NC(c2ccc(Cl)cc2)CC12NNC(=S)N2. The van der Waals surface area contributed by atoms with Gasteiger partial charge < -0.3 is 10.6 Å². The third-order valence-electron chi connectivity index (χ3n) is 5.89. The van der Waals surface area contributed by atoms with Crippen LogP contribution in [-0.4, -0.2) is 10.8 Å². The van der Waals surface area contributed by atoms with Gasteiger partial charge >= 0.3 is 0 Å². The predicted molar refractivity (Wildman–Crippen MR) is 115 cm³/mol. The van der Waals surface area contributed by atoms with Gasteiger partial charge in [-0.05, 0) is 47.6 Å². The molecule has 2 saturated heterocycles. The van der Waals surface area contributed by atoms with Crippen molar-refractivity contribution in [2.24, 2.45) is 5.41 Å². The highest BCUT2D eigenvalue weighted by Gasteiger charge is 2.57. The lowest BCUT2D eigenvalue weighted by Gasteiger charge is -2.55. The minimum absolute atomic E-state index is 0.0758. The Labute approximate surface area is 175 Å². The Bertz CT molecular complexity index is 853. The van der Waals surface area contributed by atoms with Crippen molar-refractivity contribution in [3.8, 4) is 0 Å². The quantitative estimate of drug-likeness (QED) is 0.539. The molecule has 0 radical (unpaired) electrons. The average Bonchev–Trinajstić information content (AvgIpc) is 3.01. The molecule has 2 aromatic carbocycles. The third kappa shape index (κ3) is 3.32. The summed E-state index contributed by atoms with van der Waals surface area (Å²) in [6.07, 6.45) is 0.818. The van der Waals surface area contributed by atoms with Gasteiger partial charge in [-0.1, -0.05) is 61.3 Å². The summed E-state index contributed by atoms with van der Waals surface area (Å²) in [5.74, 6) is 0. The number of piperidine rings is 1. The van der Waals surface area contributed by atoms with Crippen molar-refractivity contribution in [3.63, 3.8) is 0 Å². The number of hydrazine groups is 1. The summed E-state index contributed by atoms with van der Waals surface area (Å²) in [5, 5.41) is 9.43. The molecule has 2 aromatic rings. The molecule has 0 amide bonds. The summed E-state index contributed by atoms with van der Waals surface area (Å²) in [6.45, 7) is 4.49. The van der Waals surface area contributed by atoms with Crippen LogP contribution in [0.25, 0.3) is 0 Å². The van der Waals surface area contributed by atoms with E-state index in [4.69, 9.17) is 35.4 Å². The van der Waals surface area contributed by atoms with Gasteiger partial charge in [-0.25, -0.2) is 5.43 Å². The van der Waals surface area contributed by atoms with Crippen LogP contribution < -0.4 is 21.5 Å². The molecule has 0 aliphatic carbocycles. The zero-order valence-electron chi connectivity index (χ0n) is 15.1. The van der Waals surface area contributed by atoms with Crippen LogP contribution >= 0.6 is 35.4 Å². The van der Waals surface area contributed by atoms with Gasteiger partial charge in [0.1, 0.15) is 5.66 Å². The minimum atomic E-state index is -0.399. The Balaban J connectivity index is 1.77. The molecule has 4 nitrogen and oxygen atoms in total. The molecule has 1 spiro atoms. The first-order valence-electron chi connectivity index (χ1n) is 8.93. The van der Waals surface area contributed by atoms with Crippen LogP contribution in [-0.2, 0) is 0 Å². The van der Waals surface area contributed by atoms with Crippen LogP contribution in [0.2, 0.25) is 10.0 Å². The topological polar surface area (TPSA) is 48.1 Å². The molecule has 27 heavy (non-hydrogen) atoms. The van der Waals surface area contributed by atoms with E-state index in [0.717, 1.165) is 16.5 Å². The minimum Gasteiger partial charge on any atom is -0.342 e. The van der Waals surface area contributed by atoms with Crippen LogP contribution in [0.4, 0.5) is 0 Å². The van der Waals surface area contributed by atoms with E-state index in [1.807, 2.05) is 24.3 Å². The molecule has 2 fully saturated rings. The van der Waals surface area contributed by atoms with Crippen LogP contribution in [0.15, 0.2) is 48.5 Å². The van der Waals surface area contributed by atoms with Crippen LogP contribution in [0.1, 0.15) is 43.5 Å². The number of nitrogens with one attached hydrogen (secondary N) is 4. The predicted octanol–water partition coefficient (Wildman–Crippen LogP) is 4.47. The molecule has 2 heterocycles. The fraction of sp³-hybridized carbons (Fsp3) is 0.350. The molecular formula is C20H22Cl2N4S. The van der Waals surface area contributed by atoms with E-state index in [9.17, 15) is 0 Å². The zero-order valence-corrected chi connectivity index (χ0v) is 17.5. The molecule has 3 atom stereocenters. The van der Waals surface area contributed by atoms with Crippen LogP contribution in [0.5, 0.6) is 0 Å². The number of hydrogen-bond acceptors (Lipinski definition) is 3. The van der Waals surface area contributed by atoms with Gasteiger partial charge in [-0.3, -0.25) is 5.43 Å². The summed E-state index contributed by atoms with van der Waals surface area (Å²) in [5.41, 5.74) is 8.32. The van der Waals surface area contributed by atoms with Gasteiger partial charge in [-0.15, -0.1) is 0 Å². The molecular weight excluding hydrogens is 399 g/mol. The molecule has 7 heteroatoms. The number of hydrogen-bond donors (Lipinski definition) is 4. The number of thiocarbonyl (C=S) groups is 1. The first kappa shape index (κ1) is 19.0. The number of halogens is 2. The zero-order chi connectivity index (χ0) is 19.2. The van der Waals surface area contributed by atoms with Crippen molar-refractivity contribution in [1.82, 2.24) is 21.5 Å². The van der Waals surface area contributed by atoms with E-state index in [1.165, 1.54) is 11.1 Å². The molecule has 3 unspecified atom stereocenters. The molecule has 0 saturated carbocycles. The lowest BCUT2D eigenvalue weighted by Crippen LogP contribution is -2.68. The van der Waals surface area contributed by atoms with Gasteiger partial charge in [0.15, 0.2) is 5.11 Å². The standard InChI is InChI=1S/C20H22Cl2N4S/c1-19(2)17(13-5-9-15(22)10-6-13)23-16(12-3-7-14(21)8-4-12)11-20(19)24-18(27)25-26-20/h3-10,16-17,23,26H,11H2,1-2H3,(H2,24,25,27). The largest absolute Gasteiger partial charge is 0.342 e. The Morgan fingerprint density at radius 3 is 2.00 bits per heavy atom. The van der Waals surface area contributed by atoms with Crippen LogP contribution in [0, 0.1) is 5.41 Å². The van der Waals surface area contributed by atoms with Gasteiger partial charge in [-0.2, -0.15) is 0 Å². The second-order valence-corrected chi connectivity index (χ2v) is 9.07. The average molecular weight is 421 g/mol. The normalized spacial score (nSPS) is 29.4. The van der Waals surface area contributed by atoms with Crippen molar-refractivity contribution < 1.29 is 0 Å². The summed E-state index contributed by atoms with van der Waals surface area (Å²) in [6, 6.07) is 16.3. The van der Waals surface area contributed by atoms with Gasteiger partial charge in [0.05, 0.1) is 0 Å². The second kappa shape index (κ2) is 6.90. The van der Waals surface area contributed by atoms with Crippen LogP contribution in [0.3, 0.4) is 0 Å². The van der Waals surface area contributed by atoms with Crippen molar-refractivity contribution in [2.75, 3.05) is 0 Å². The lowest BCUT2D eigenvalue weighted by molar-refractivity contribution is 0.00515. The highest BCUT2D eigenvalue weighted by Crippen LogP contribution is 2.50. The van der Waals surface area contributed by atoms with Gasteiger partial charge in [0.25, 0.3) is 0 Å². The molecule has 0 bridgehead atoms. The van der Waals surface area contributed by atoms with E-state index in [1.54, 1.807) is 0 Å². The molecule has 142 valence electrons. The van der Waals surface area contributed by atoms with E-state index >= 15 is 0 Å². The van der Waals surface area contributed by atoms with Crippen molar-refractivity contribution in [1.29, 1.82) is 0 Å². The smallest absolute Gasteiger partial charge is 0.182 e. The lowest BCUT2D eigenvalue weighted by atomic mass is 9.64. The maximum atomic E-state index is 6.12. The van der Waals surface area contributed by atoms with Crippen molar-refractivity contribution in [2.45, 2.75) is 38.0 Å². The number of rotatable bonds is 2. The summed E-state index contributed by atoms with van der Waals surface area (Å²) < 4.78 is 0. The first-order valence-corrected chi connectivity index (χ1v) is 10.1. The number of benzene rings is 2. The molecule has 2 aliphatic rings. The van der Waals surface area contributed by atoms with E-state index in [-0.39, 0.29) is 17.5 Å². The summed E-state index contributed by atoms with van der Waals surface area (Å²) in [7, 11) is 0. The fourth-order valence-electron chi connectivity index (χ4n) is 4.21. The van der Waals surface area contributed by atoms with Crippen molar-refractivity contribution in [3.05, 3.63) is 69.7 Å². The monoisotopic (exact) mass is 420 g/mol. The third-order valence-corrected chi connectivity index (χ3v) is 6.60. The molecule has 4 rings (SSSR count). The first-order chi connectivity index (χ1) is 12.8. The summed E-state index contributed by atoms with van der Waals surface area (Å²) >= 11 is 17.6. The highest BCUT2D eigenvalue weighted by molar-refractivity contribution is 7.80. The Kier molecular flexibility index (Phi) is 4.85.